The maximum atomic E-state index is 12.1. The van der Waals surface area contributed by atoms with Crippen molar-refractivity contribution in [3.05, 3.63) is 12.2 Å². The van der Waals surface area contributed by atoms with Crippen LogP contribution in [0, 0.1) is 10.8 Å². The van der Waals surface area contributed by atoms with E-state index in [4.69, 9.17) is 0 Å². The third-order valence-electron chi connectivity index (χ3n) is 5.11. The molecule has 0 aromatic carbocycles. The molecule has 2 unspecified atom stereocenters. The summed E-state index contributed by atoms with van der Waals surface area (Å²) >= 11 is 0. The molecule has 3 aliphatic rings. The predicted octanol–water partition coefficient (Wildman–Crippen LogP) is 3.25. The predicted molar refractivity (Wildman–Crippen MR) is 55.9 cm³/mol. The molecule has 0 N–H and O–H groups in total. The van der Waals surface area contributed by atoms with Crippen LogP contribution < -0.4 is 0 Å². The molecule has 3 fully saturated rings. The molecule has 0 spiro atoms. The summed E-state index contributed by atoms with van der Waals surface area (Å²) in [6, 6.07) is 0. The van der Waals surface area contributed by atoms with E-state index in [1.807, 2.05) is 0 Å². The third kappa shape index (κ3) is 0.721. The monoisotopic (exact) mass is 190 g/mol. The van der Waals surface area contributed by atoms with Gasteiger partial charge in [-0.3, -0.25) is 4.79 Å². The van der Waals surface area contributed by atoms with Crippen LogP contribution in [0.5, 0.6) is 0 Å². The molecule has 14 heavy (non-hydrogen) atoms. The number of carbonyl (C=O) groups excluding carboxylic acids is 1. The molecule has 0 amide bonds. The van der Waals surface area contributed by atoms with E-state index in [0.717, 1.165) is 25.7 Å². The lowest BCUT2D eigenvalue weighted by Crippen LogP contribution is -2.61. The Morgan fingerprint density at radius 3 is 2.29 bits per heavy atom. The van der Waals surface area contributed by atoms with Gasteiger partial charge in [-0.1, -0.05) is 25.0 Å². The van der Waals surface area contributed by atoms with Gasteiger partial charge in [-0.2, -0.15) is 0 Å². The quantitative estimate of drug-likeness (QED) is 0.536. The first-order valence-corrected chi connectivity index (χ1v) is 5.93. The van der Waals surface area contributed by atoms with Gasteiger partial charge in [0.15, 0.2) is 0 Å². The van der Waals surface area contributed by atoms with E-state index in [1.165, 1.54) is 31.3 Å². The van der Waals surface area contributed by atoms with Crippen molar-refractivity contribution >= 4 is 5.78 Å². The standard InChI is InChI=1S/C13H18O/c1-10-9-13-7-3-2-6-12(10,13)8-4-5-11(13)14/h1-9H2. The maximum absolute atomic E-state index is 12.1. The van der Waals surface area contributed by atoms with Gasteiger partial charge in [-0.15, -0.1) is 0 Å². The first-order chi connectivity index (χ1) is 6.71. The Bertz CT molecular complexity index is 306. The lowest BCUT2D eigenvalue weighted by molar-refractivity contribution is -0.156. The lowest BCUT2D eigenvalue weighted by Gasteiger charge is -2.65. The second-order valence-corrected chi connectivity index (χ2v) is 5.43. The molecule has 0 aliphatic heterocycles. The highest BCUT2D eigenvalue weighted by Gasteiger charge is 2.66. The van der Waals surface area contributed by atoms with Gasteiger partial charge in [0, 0.05) is 17.3 Å². The van der Waals surface area contributed by atoms with Crippen molar-refractivity contribution in [1.82, 2.24) is 0 Å². The number of Topliss-reactive ketones (excluding diaryl/α,β-unsaturated/α-hetero) is 1. The van der Waals surface area contributed by atoms with E-state index >= 15 is 0 Å². The molecule has 1 heteroatoms. The van der Waals surface area contributed by atoms with E-state index in [0.29, 0.717) is 5.78 Å². The Balaban J connectivity index is 2.06. The molecule has 3 saturated carbocycles. The zero-order valence-corrected chi connectivity index (χ0v) is 8.77. The number of hydrogen-bond acceptors (Lipinski definition) is 1. The topological polar surface area (TPSA) is 17.1 Å². The molecular weight excluding hydrogens is 172 g/mol. The SMILES string of the molecule is C=C1CC23CCCCC12CCCC3=O. The Hall–Kier alpha value is -0.590. The molecule has 0 aromatic rings. The number of rotatable bonds is 0. The van der Waals surface area contributed by atoms with Gasteiger partial charge >= 0.3 is 0 Å². The summed E-state index contributed by atoms with van der Waals surface area (Å²) < 4.78 is 0. The second-order valence-electron chi connectivity index (χ2n) is 5.43. The van der Waals surface area contributed by atoms with Crippen molar-refractivity contribution in [2.45, 2.75) is 51.4 Å². The zero-order chi connectivity index (χ0) is 9.81. The molecule has 0 radical (unpaired) electrons. The summed E-state index contributed by atoms with van der Waals surface area (Å²) in [5.41, 5.74) is 1.76. The van der Waals surface area contributed by atoms with Crippen LogP contribution in [0.3, 0.4) is 0 Å². The Morgan fingerprint density at radius 1 is 1.00 bits per heavy atom. The fourth-order valence-corrected chi connectivity index (χ4v) is 4.37. The van der Waals surface area contributed by atoms with Crippen LogP contribution in [0.4, 0.5) is 0 Å². The molecule has 3 aliphatic carbocycles. The minimum Gasteiger partial charge on any atom is -0.299 e. The number of allylic oxidation sites excluding steroid dienone is 1. The van der Waals surface area contributed by atoms with Crippen LogP contribution in [0.15, 0.2) is 12.2 Å². The van der Waals surface area contributed by atoms with Crippen LogP contribution in [0.25, 0.3) is 0 Å². The van der Waals surface area contributed by atoms with Gasteiger partial charge < -0.3 is 0 Å². The van der Waals surface area contributed by atoms with Gasteiger partial charge in [0.1, 0.15) is 5.78 Å². The number of ketones is 1. The smallest absolute Gasteiger partial charge is 0.140 e. The largest absolute Gasteiger partial charge is 0.299 e. The molecule has 2 atom stereocenters. The highest BCUT2D eigenvalue weighted by molar-refractivity contribution is 5.89. The summed E-state index contributed by atoms with van der Waals surface area (Å²) in [5, 5.41) is 0. The van der Waals surface area contributed by atoms with Crippen molar-refractivity contribution < 1.29 is 4.79 Å². The summed E-state index contributed by atoms with van der Waals surface area (Å²) in [6.07, 6.45) is 9.20. The normalized spacial score (nSPS) is 46.6. The maximum Gasteiger partial charge on any atom is 0.140 e. The lowest BCUT2D eigenvalue weighted by atomic mass is 9.37. The van der Waals surface area contributed by atoms with Gasteiger partial charge in [-0.05, 0) is 32.1 Å². The molecule has 0 bridgehead atoms. The average molecular weight is 190 g/mol. The van der Waals surface area contributed by atoms with Crippen LogP contribution in [0.2, 0.25) is 0 Å². The summed E-state index contributed by atoms with van der Waals surface area (Å²) in [6.45, 7) is 4.20. The zero-order valence-electron chi connectivity index (χ0n) is 8.77. The fourth-order valence-electron chi connectivity index (χ4n) is 4.37. The minimum absolute atomic E-state index is 0.0839. The molecular formula is C13H18O. The first kappa shape index (κ1) is 8.70. The Morgan fingerprint density at radius 2 is 1.64 bits per heavy atom. The van der Waals surface area contributed by atoms with E-state index in [1.54, 1.807) is 0 Å². The minimum atomic E-state index is 0.0839. The van der Waals surface area contributed by atoms with Crippen molar-refractivity contribution in [2.75, 3.05) is 0 Å². The van der Waals surface area contributed by atoms with Crippen molar-refractivity contribution in [2.24, 2.45) is 10.8 Å². The average Bonchev–Trinajstić information content (AvgIpc) is 2.18. The third-order valence-corrected chi connectivity index (χ3v) is 5.11. The van der Waals surface area contributed by atoms with Crippen LogP contribution in [-0.4, -0.2) is 5.78 Å². The summed E-state index contributed by atoms with van der Waals surface area (Å²) in [7, 11) is 0. The molecule has 1 nitrogen and oxygen atoms in total. The second kappa shape index (κ2) is 2.50. The molecule has 0 aromatic heterocycles. The molecule has 3 rings (SSSR count). The number of hydrogen-bond donors (Lipinski definition) is 0. The van der Waals surface area contributed by atoms with Gasteiger partial charge in [0.25, 0.3) is 0 Å². The highest BCUT2D eigenvalue weighted by atomic mass is 16.1. The van der Waals surface area contributed by atoms with Crippen molar-refractivity contribution in [1.29, 1.82) is 0 Å². The van der Waals surface area contributed by atoms with E-state index in [-0.39, 0.29) is 10.8 Å². The van der Waals surface area contributed by atoms with E-state index < -0.39 is 0 Å². The van der Waals surface area contributed by atoms with Crippen LogP contribution >= 0.6 is 0 Å². The number of carbonyl (C=O) groups is 1. The van der Waals surface area contributed by atoms with Crippen LogP contribution in [-0.2, 0) is 4.79 Å². The van der Waals surface area contributed by atoms with E-state index in [2.05, 4.69) is 6.58 Å². The molecule has 0 saturated heterocycles. The van der Waals surface area contributed by atoms with Crippen molar-refractivity contribution in [3.8, 4) is 0 Å². The fraction of sp³-hybridized carbons (Fsp3) is 0.769. The van der Waals surface area contributed by atoms with Gasteiger partial charge in [-0.25, -0.2) is 0 Å². The first-order valence-electron chi connectivity index (χ1n) is 5.93. The van der Waals surface area contributed by atoms with E-state index in [9.17, 15) is 4.79 Å². The van der Waals surface area contributed by atoms with Gasteiger partial charge in [0.05, 0.1) is 0 Å². The van der Waals surface area contributed by atoms with Gasteiger partial charge in [0.2, 0.25) is 0 Å². The van der Waals surface area contributed by atoms with Crippen molar-refractivity contribution in [3.63, 3.8) is 0 Å². The highest BCUT2D eigenvalue weighted by Crippen LogP contribution is 2.71. The summed E-state index contributed by atoms with van der Waals surface area (Å²) in [4.78, 5) is 12.1. The molecule has 76 valence electrons. The Labute approximate surface area is 85.6 Å². The Kier molecular flexibility index (Phi) is 1.55. The molecule has 0 heterocycles. The summed E-state index contributed by atoms with van der Waals surface area (Å²) in [5.74, 6) is 0.566. The van der Waals surface area contributed by atoms with Crippen LogP contribution in [0.1, 0.15) is 51.4 Å².